The Labute approximate surface area is 152 Å². The lowest BCUT2D eigenvalue weighted by atomic mass is 10.1. The molecule has 5 heteroatoms. The fourth-order valence-electron chi connectivity index (χ4n) is 3.44. The average Bonchev–Trinajstić information content (AvgIpc) is 2.61. The van der Waals surface area contributed by atoms with Crippen LogP contribution in [0.3, 0.4) is 0 Å². The van der Waals surface area contributed by atoms with Crippen LogP contribution in [0.2, 0.25) is 0 Å². The van der Waals surface area contributed by atoms with Gasteiger partial charge in [-0.05, 0) is 38.3 Å². The Kier molecular flexibility index (Phi) is 7.88. The number of ether oxygens (including phenoxy) is 1. The van der Waals surface area contributed by atoms with Crippen LogP contribution in [-0.4, -0.2) is 74.2 Å². The van der Waals surface area contributed by atoms with E-state index in [1.807, 2.05) is 13.0 Å². The van der Waals surface area contributed by atoms with E-state index in [0.717, 1.165) is 39.2 Å². The number of hydrogen-bond acceptors (Lipinski definition) is 4. The number of carbonyl (C=O) groups is 1. The first-order valence-electron chi connectivity index (χ1n) is 9.32. The molecule has 1 N–H and O–H groups in total. The summed E-state index contributed by atoms with van der Waals surface area (Å²) in [4.78, 5) is 17.2. The molecule has 1 aliphatic rings. The lowest BCUT2D eigenvalue weighted by Crippen LogP contribution is -2.57. The van der Waals surface area contributed by atoms with Gasteiger partial charge in [-0.2, -0.15) is 0 Å². The van der Waals surface area contributed by atoms with E-state index in [1.54, 1.807) is 7.11 Å². The van der Waals surface area contributed by atoms with Gasteiger partial charge in [-0.25, -0.2) is 0 Å². The van der Waals surface area contributed by atoms with Crippen molar-refractivity contribution >= 4 is 5.91 Å². The van der Waals surface area contributed by atoms with Crippen molar-refractivity contribution in [3.8, 4) is 0 Å². The van der Waals surface area contributed by atoms with Gasteiger partial charge in [0.25, 0.3) is 0 Å². The van der Waals surface area contributed by atoms with Crippen LogP contribution in [0.25, 0.3) is 0 Å². The third-order valence-corrected chi connectivity index (χ3v) is 5.26. The second-order valence-electron chi connectivity index (χ2n) is 7.02. The number of amides is 1. The summed E-state index contributed by atoms with van der Waals surface area (Å²) in [6, 6.07) is 8.72. The van der Waals surface area contributed by atoms with Crippen LogP contribution >= 0.6 is 0 Å². The van der Waals surface area contributed by atoms with Crippen molar-refractivity contribution in [2.75, 3.05) is 46.4 Å². The quantitative estimate of drug-likeness (QED) is 0.777. The van der Waals surface area contributed by atoms with Crippen LogP contribution < -0.4 is 5.32 Å². The summed E-state index contributed by atoms with van der Waals surface area (Å²) in [7, 11) is 1.74. The van der Waals surface area contributed by atoms with Crippen molar-refractivity contribution in [2.24, 2.45) is 0 Å². The van der Waals surface area contributed by atoms with E-state index in [0.29, 0.717) is 12.6 Å². The first kappa shape index (κ1) is 19.9. The molecular formula is C20H33N3O2. The predicted octanol–water partition coefficient (Wildman–Crippen LogP) is 1.69. The van der Waals surface area contributed by atoms with Crippen molar-refractivity contribution in [2.45, 2.75) is 39.3 Å². The molecule has 1 aromatic rings. The minimum absolute atomic E-state index is 0.0797. The standard InChI is InChI=1S/C20H33N3O2/c1-16-7-5-6-8-19(16)9-10-21-20(24)18(3)23-12-11-22(13-14-25-4)17(2)15-23/h5-8,17-18H,9-15H2,1-4H3,(H,21,24)/t17-,18-/m1/s1. The van der Waals surface area contributed by atoms with Gasteiger partial charge in [0.2, 0.25) is 5.91 Å². The van der Waals surface area contributed by atoms with Crippen LogP contribution in [0, 0.1) is 6.92 Å². The lowest BCUT2D eigenvalue weighted by Gasteiger charge is -2.41. The average molecular weight is 348 g/mol. The van der Waals surface area contributed by atoms with E-state index in [-0.39, 0.29) is 11.9 Å². The van der Waals surface area contributed by atoms with Gasteiger partial charge in [-0.1, -0.05) is 24.3 Å². The molecule has 0 spiro atoms. The Bertz CT molecular complexity index is 549. The normalized spacial score (nSPS) is 20.4. The van der Waals surface area contributed by atoms with E-state index in [4.69, 9.17) is 4.74 Å². The maximum Gasteiger partial charge on any atom is 0.237 e. The van der Waals surface area contributed by atoms with Crippen LogP contribution in [0.1, 0.15) is 25.0 Å². The molecule has 1 aromatic carbocycles. The molecule has 0 aliphatic carbocycles. The minimum atomic E-state index is -0.0797. The van der Waals surface area contributed by atoms with Crippen LogP contribution in [0.15, 0.2) is 24.3 Å². The summed E-state index contributed by atoms with van der Waals surface area (Å²) in [5.74, 6) is 0.131. The molecule has 0 saturated carbocycles. The summed E-state index contributed by atoms with van der Waals surface area (Å²) in [5, 5.41) is 3.10. The Morgan fingerprint density at radius 2 is 2.12 bits per heavy atom. The summed E-state index contributed by atoms with van der Waals surface area (Å²) < 4.78 is 5.18. The molecule has 2 atom stereocenters. The molecule has 1 aliphatic heterocycles. The number of benzene rings is 1. The van der Waals surface area contributed by atoms with Crippen molar-refractivity contribution in [1.29, 1.82) is 0 Å². The first-order valence-corrected chi connectivity index (χ1v) is 9.32. The van der Waals surface area contributed by atoms with Gasteiger partial charge in [0.1, 0.15) is 0 Å². The van der Waals surface area contributed by atoms with Crippen molar-refractivity contribution in [3.63, 3.8) is 0 Å². The second-order valence-corrected chi connectivity index (χ2v) is 7.02. The molecule has 25 heavy (non-hydrogen) atoms. The van der Waals surface area contributed by atoms with Crippen molar-refractivity contribution in [1.82, 2.24) is 15.1 Å². The number of hydrogen-bond donors (Lipinski definition) is 1. The highest BCUT2D eigenvalue weighted by Gasteiger charge is 2.29. The number of methoxy groups -OCH3 is 1. The molecule has 0 bridgehead atoms. The van der Waals surface area contributed by atoms with Gasteiger partial charge in [-0.15, -0.1) is 0 Å². The summed E-state index contributed by atoms with van der Waals surface area (Å²) in [6.45, 7) is 11.6. The molecule has 1 fully saturated rings. The monoisotopic (exact) mass is 347 g/mol. The largest absolute Gasteiger partial charge is 0.383 e. The fourth-order valence-corrected chi connectivity index (χ4v) is 3.44. The minimum Gasteiger partial charge on any atom is -0.383 e. The zero-order valence-corrected chi connectivity index (χ0v) is 16.1. The smallest absolute Gasteiger partial charge is 0.237 e. The maximum absolute atomic E-state index is 12.5. The molecule has 1 heterocycles. The Balaban J connectivity index is 1.75. The van der Waals surface area contributed by atoms with Crippen molar-refractivity contribution < 1.29 is 9.53 Å². The number of piperazine rings is 1. The molecule has 5 nitrogen and oxygen atoms in total. The molecule has 0 aromatic heterocycles. The Hall–Kier alpha value is -1.43. The number of rotatable bonds is 8. The number of carbonyl (C=O) groups excluding carboxylic acids is 1. The summed E-state index contributed by atoms with van der Waals surface area (Å²) in [6.07, 6.45) is 0.881. The van der Waals surface area contributed by atoms with E-state index in [9.17, 15) is 4.79 Å². The van der Waals surface area contributed by atoms with Gasteiger partial charge in [0.15, 0.2) is 0 Å². The van der Waals surface area contributed by atoms with Crippen LogP contribution in [-0.2, 0) is 16.0 Å². The highest BCUT2D eigenvalue weighted by atomic mass is 16.5. The highest BCUT2D eigenvalue weighted by Crippen LogP contribution is 2.12. The molecule has 0 unspecified atom stereocenters. The zero-order chi connectivity index (χ0) is 18.2. The van der Waals surface area contributed by atoms with Gasteiger partial charge in [-0.3, -0.25) is 14.6 Å². The topological polar surface area (TPSA) is 44.8 Å². The molecule has 0 radical (unpaired) electrons. The molecular weight excluding hydrogens is 314 g/mol. The highest BCUT2D eigenvalue weighted by molar-refractivity contribution is 5.81. The van der Waals surface area contributed by atoms with E-state index >= 15 is 0 Å². The van der Waals surface area contributed by atoms with Crippen LogP contribution in [0.4, 0.5) is 0 Å². The second kappa shape index (κ2) is 9.90. The van der Waals surface area contributed by atoms with E-state index < -0.39 is 0 Å². The maximum atomic E-state index is 12.5. The molecule has 1 amide bonds. The third-order valence-electron chi connectivity index (χ3n) is 5.26. The molecule has 140 valence electrons. The predicted molar refractivity (Wildman–Crippen MR) is 102 cm³/mol. The number of nitrogens with one attached hydrogen (secondary N) is 1. The van der Waals surface area contributed by atoms with Gasteiger partial charge < -0.3 is 10.1 Å². The molecule has 2 rings (SSSR count). The SMILES string of the molecule is COCCN1CCN([C@H](C)C(=O)NCCc2ccccc2C)C[C@H]1C. The third kappa shape index (κ3) is 5.80. The van der Waals surface area contributed by atoms with Gasteiger partial charge in [0, 0.05) is 45.9 Å². The Morgan fingerprint density at radius 1 is 1.36 bits per heavy atom. The number of nitrogens with zero attached hydrogens (tertiary/aromatic N) is 2. The van der Waals surface area contributed by atoms with Crippen molar-refractivity contribution in [3.05, 3.63) is 35.4 Å². The summed E-state index contributed by atoms with van der Waals surface area (Å²) in [5.41, 5.74) is 2.58. The van der Waals surface area contributed by atoms with Gasteiger partial charge in [0.05, 0.1) is 12.6 Å². The number of aryl methyl sites for hydroxylation is 1. The molecule has 1 saturated heterocycles. The first-order chi connectivity index (χ1) is 12.0. The van der Waals surface area contributed by atoms with Crippen LogP contribution in [0.5, 0.6) is 0 Å². The van der Waals surface area contributed by atoms with Gasteiger partial charge >= 0.3 is 0 Å². The zero-order valence-electron chi connectivity index (χ0n) is 16.1. The van der Waals surface area contributed by atoms with E-state index in [1.165, 1.54) is 11.1 Å². The Morgan fingerprint density at radius 3 is 2.80 bits per heavy atom. The fraction of sp³-hybridized carbons (Fsp3) is 0.650. The summed E-state index contributed by atoms with van der Waals surface area (Å²) >= 11 is 0. The lowest BCUT2D eigenvalue weighted by molar-refractivity contribution is -0.127. The van der Waals surface area contributed by atoms with E-state index in [2.05, 4.69) is 47.2 Å².